The molecule has 1 fully saturated rings. The molecule has 0 aromatic rings. The normalized spacial score (nSPS) is 20.6. The van der Waals surface area contributed by atoms with E-state index >= 15 is 0 Å². The Kier molecular flexibility index (Phi) is 5.75. The summed E-state index contributed by atoms with van der Waals surface area (Å²) >= 11 is 0. The van der Waals surface area contributed by atoms with Crippen LogP contribution in [0.2, 0.25) is 0 Å². The minimum absolute atomic E-state index is 0.0394. The van der Waals surface area contributed by atoms with Gasteiger partial charge in [0, 0.05) is 13.7 Å². The van der Waals surface area contributed by atoms with Crippen LogP contribution in [0, 0.1) is 5.41 Å². The fraction of sp³-hybridized carbons (Fsp3) is 0.846. The average Bonchev–Trinajstić information content (AvgIpc) is 2.31. The van der Waals surface area contributed by atoms with Gasteiger partial charge in [-0.25, -0.2) is 0 Å². The summed E-state index contributed by atoms with van der Waals surface area (Å²) in [5, 5.41) is 2.76. The number of ether oxygens (including phenoxy) is 2. The van der Waals surface area contributed by atoms with Crippen LogP contribution in [0.15, 0.2) is 0 Å². The summed E-state index contributed by atoms with van der Waals surface area (Å²) in [6.45, 7) is 7.80. The summed E-state index contributed by atoms with van der Waals surface area (Å²) in [6.07, 6.45) is 0. The molecule has 0 aromatic carbocycles. The molecule has 1 heterocycles. The van der Waals surface area contributed by atoms with E-state index in [1.807, 2.05) is 20.8 Å². The minimum Gasteiger partial charge on any atom is -0.382 e. The molecule has 19 heavy (non-hydrogen) atoms. The van der Waals surface area contributed by atoms with Gasteiger partial charge in [0.2, 0.25) is 11.8 Å². The molecule has 1 rings (SSSR count). The predicted octanol–water partition coefficient (Wildman–Crippen LogP) is 0.0225. The highest BCUT2D eigenvalue weighted by Crippen LogP contribution is 2.22. The van der Waals surface area contributed by atoms with Crippen LogP contribution in [0.3, 0.4) is 0 Å². The highest BCUT2D eigenvalue weighted by molar-refractivity contribution is 5.95. The predicted molar refractivity (Wildman–Crippen MR) is 70.7 cm³/mol. The lowest BCUT2D eigenvalue weighted by Crippen LogP contribution is -2.62. The van der Waals surface area contributed by atoms with Crippen LogP contribution in [0.5, 0.6) is 0 Å². The molecule has 0 saturated carbocycles. The standard InChI is InChI=1S/C13H24N2O4/c1-13(2,3)11-12(17)15(9-10(16)14-11)5-6-19-8-7-18-4/h11H,5-9H2,1-4H3,(H,14,16). The zero-order valence-electron chi connectivity index (χ0n) is 12.2. The van der Waals surface area contributed by atoms with E-state index < -0.39 is 6.04 Å². The number of carbonyl (C=O) groups is 2. The van der Waals surface area contributed by atoms with E-state index in [0.717, 1.165) is 0 Å². The number of nitrogens with zero attached hydrogens (tertiary/aromatic N) is 1. The Morgan fingerprint density at radius 2 is 1.95 bits per heavy atom. The van der Waals surface area contributed by atoms with Gasteiger partial charge in [-0.15, -0.1) is 0 Å². The average molecular weight is 272 g/mol. The van der Waals surface area contributed by atoms with Gasteiger partial charge in [0.15, 0.2) is 0 Å². The first-order chi connectivity index (χ1) is 8.86. The van der Waals surface area contributed by atoms with Gasteiger partial charge in [-0.3, -0.25) is 9.59 Å². The van der Waals surface area contributed by atoms with Gasteiger partial charge in [0.05, 0.1) is 26.4 Å². The molecule has 0 radical (unpaired) electrons. The van der Waals surface area contributed by atoms with Crippen molar-refractivity contribution in [2.75, 3.05) is 40.0 Å². The Balaban J connectivity index is 2.48. The van der Waals surface area contributed by atoms with Crippen molar-refractivity contribution in [2.45, 2.75) is 26.8 Å². The molecule has 110 valence electrons. The highest BCUT2D eigenvalue weighted by Gasteiger charge is 2.39. The Morgan fingerprint density at radius 3 is 2.53 bits per heavy atom. The van der Waals surface area contributed by atoms with E-state index in [1.165, 1.54) is 0 Å². The third-order valence-electron chi connectivity index (χ3n) is 3.00. The monoisotopic (exact) mass is 272 g/mol. The van der Waals surface area contributed by atoms with Gasteiger partial charge in [0.25, 0.3) is 0 Å². The topological polar surface area (TPSA) is 67.9 Å². The van der Waals surface area contributed by atoms with Crippen molar-refractivity contribution in [3.05, 3.63) is 0 Å². The molecule has 1 aliphatic rings. The lowest BCUT2D eigenvalue weighted by atomic mass is 9.85. The second-order valence-electron chi connectivity index (χ2n) is 5.73. The number of hydrogen-bond donors (Lipinski definition) is 1. The number of carbonyl (C=O) groups excluding carboxylic acids is 2. The van der Waals surface area contributed by atoms with Gasteiger partial charge in [0.1, 0.15) is 6.04 Å². The maximum Gasteiger partial charge on any atom is 0.246 e. The fourth-order valence-corrected chi connectivity index (χ4v) is 1.90. The number of nitrogens with one attached hydrogen (secondary N) is 1. The molecule has 1 saturated heterocycles. The summed E-state index contributed by atoms with van der Waals surface area (Å²) < 4.78 is 10.2. The van der Waals surface area contributed by atoms with Crippen molar-refractivity contribution in [1.82, 2.24) is 10.2 Å². The van der Waals surface area contributed by atoms with Crippen LogP contribution >= 0.6 is 0 Å². The Bertz CT molecular complexity index is 325. The van der Waals surface area contributed by atoms with Crippen LogP contribution < -0.4 is 5.32 Å². The minimum atomic E-state index is -0.465. The molecule has 0 bridgehead atoms. The van der Waals surface area contributed by atoms with Gasteiger partial charge in [-0.1, -0.05) is 20.8 Å². The molecule has 1 N–H and O–H groups in total. The number of hydrogen-bond acceptors (Lipinski definition) is 4. The van der Waals surface area contributed by atoms with Crippen LogP contribution in [-0.4, -0.2) is 62.8 Å². The molecule has 0 aromatic heterocycles. The molecule has 1 unspecified atom stereocenters. The fourth-order valence-electron chi connectivity index (χ4n) is 1.90. The van der Waals surface area contributed by atoms with E-state index in [1.54, 1.807) is 12.0 Å². The Hall–Kier alpha value is -1.14. The van der Waals surface area contributed by atoms with Crippen molar-refractivity contribution < 1.29 is 19.1 Å². The maximum absolute atomic E-state index is 12.3. The third-order valence-corrected chi connectivity index (χ3v) is 3.00. The van der Waals surface area contributed by atoms with Crippen molar-refractivity contribution in [2.24, 2.45) is 5.41 Å². The van der Waals surface area contributed by atoms with E-state index in [-0.39, 0.29) is 23.8 Å². The molecule has 2 amide bonds. The quantitative estimate of drug-likeness (QED) is 0.692. The van der Waals surface area contributed by atoms with Gasteiger partial charge in [-0.05, 0) is 5.41 Å². The van der Waals surface area contributed by atoms with Gasteiger partial charge < -0.3 is 19.7 Å². The zero-order valence-corrected chi connectivity index (χ0v) is 12.2. The molecule has 6 nitrogen and oxygen atoms in total. The van der Waals surface area contributed by atoms with Crippen molar-refractivity contribution in [1.29, 1.82) is 0 Å². The van der Waals surface area contributed by atoms with E-state index in [9.17, 15) is 9.59 Å². The summed E-state index contributed by atoms with van der Waals surface area (Å²) in [7, 11) is 1.61. The Labute approximate surface area is 114 Å². The molecule has 0 aliphatic carbocycles. The van der Waals surface area contributed by atoms with Crippen molar-refractivity contribution in [3.63, 3.8) is 0 Å². The molecule has 1 aliphatic heterocycles. The molecule has 1 atom stereocenters. The highest BCUT2D eigenvalue weighted by atomic mass is 16.5. The van der Waals surface area contributed by atoms with Crippen LogP contribution in [-0.2, 0) is 19.1 Å². The maximum atomic E-state index is 12.3. The number of methoxy groups -OCH3 is 1. The lowest BCUT2D eigenvalue weighted by molar-refractivity contribution is -0.148. The van der Waals surface area contributed by atoms with Gasteiger partial charge in [-0.2, -0.15) is 0 Å². The second-order valence-corrected chi connectivity index (χ2v) is 5.73. The third kappa shape index (κ3) is 4.80. The summed E-state index contributed by atoms with van der Waals surface area (Å²) in [4.78, 5) is 25.5. The first kappa shape index (κ1) is 15.9. The smallest absolute Gasteiger partial charge is 0.246 e. The lowest BCUT2D eigenvalue weighted by Gasteiger charge is -2.38. The van der Waals surface area contributed by atoms with Crippen molar-refractivity contribution in [3.8, 4) is 0 Å². The van der Waals surface area contributed by atoms with E-state index in [4.69, 9.17) is 9.47 Å². The van der Waals surface area contributed by atoms with E-state index in [2.05, 4.69) is 5.32 Å². The number of rotatable bonds is 6. The first-order valence-corrected chi connectivity index (χ1v) is 6.51. The molecule has 6 heteroatoms. The second kappa shape index (κ2) is 6.86. The summed E-state index contributed by atoms with van der Waals surface area (Å²) in [6, 6.07) is -0.465. The van der Waals surface area contributed by atoms with Crippen LogP contribution in [0.1, 0.15) is 20.8 Å². The first-order valence-electron chi connectivity index (χ1n) is 6.51. The van der Waals surface area contributed by atoms with Crippen LogP contribution in [0.25, 0.3) is 0 Å². The molecule has 0 spiro atoms. The number of amides is 2. The Morgan fingerprint density at radius 1 is 1.26 bits per heavy atom. The van der Waals surface area contributed by atoms with Crippen molar-refractivity contribution >= 4 is 11.8 Å². The molecular formula is C13H24N2O4. The van der Waals surface area contributed by atoms with Gasteiger partial charge >= 0.3 is 0 Å². The number of piperazine rings is 1. The van der Waals surface area contributed by atoms with Crippen LogP contribution in [0.4, 0.5) is 0 Å². The summed E-state index contributed by atoms with van der Waals surface area (Å²) in [5.41, 5.74) is -0.289. The summed E-state index contributed by atoms with van der Waals surface area (Å²) in [5.74, 6) is -0.154. The SMILES string of the molecule is COCCOCCN1CC(=O)NC(C(C)(C)C)C1=O. The molecular weight excluding hydrogens is 248 g/mol. The zero-order chi connectivity index (χ0) is 14.5. The largest absolute Gasteiger partial charge is 0.382 e. The van der Waals surface area contributed by atoms with E-state index in [0.29, 0.717) is 26.4 Å².